The summed E-state index contributed by atoms with van der Waals surface area (Å²) in [6.45, 7) is 9.48. The fraction of sp³-hybridized carbons (Fsp3) is 0.479. The van der Waals surface area contributed by atoms with Crippen LogP contribution in [0.3, 0.4) is 0 Å². The average molecular weight is 1620 g/mol. The molecule has 7 N–H and O–H groups in total. The van der Waals surface area contributed by atoms with Crippen molar-refractivity contribution in [1.29, 1.82) is 0 Å². The van der Waals surface area contributed by atoms with Crippen molar-refractivity contribution in [3.63, 3.8) is 0 Å². The molecule has 3 aliphatic rings. The number of carbonyl (C=O) groups is 6. The van der Waals surface area contributed by atoms with Crippen LogP contribution in [0.4, 0.5) is 16.2 Å². The van der Waals surface area contributed by atoms with Crippen LogP contribution in [0.5, 0.6) is 5.75 Å². The highest BCUT2D eigenvalue weighted by Gasteiger charge is 2.44. The number of ketones is 2. The van der Waals surface area contributed by atoms with Gasteiger partial charge in [0.25, 0.3) is 10.1 Å². The first-order valence-corrected chi connectivity index (χ1v) is 40.8. The predicted octanol–water partition coefficient (Wildman–Crippen LogP) is 6.86. The number of aromatic amines is 1. The summed E-state index contributed by atoms with van der Waals surface area (Å²) in [6, 6.07) is 20.5. The zero-order chi connectivity index (χ0) is 81.4. The number of amides is 3. The van der Waals surface area contributed by atoms with Crippen molar-refractivity contribution in [3.05, 3.63) is 155 Å². The topological polar surface area (TPSA) is 522 Å². The van der Waals surface area contributed by atoms with Crippen LogP contribution in [0.15, 0.2) is 132 Å². The number of para-hydroxylation sites is 2. The van der Waals surface area contributed by atoms with E-state index in [-0.39, 0.29) is 80.9 Å². The summed E-state index contributed by atoms with van der Waals surface area (Å²) in [4.78, 5) is 102. The molecule has 1 aliphatic carbocycles. The standard InChI is InChI=1S/C70H91N7O15S2.CO2.3O3S/c1-5-72-69(85)75-58(68(83)84)36-33-54(78)23-10-8-6-7-9-11-28-65(80)74-59(45-53-46-71-47-73-53)63(79)44-52(67(81)82)43-49-29-34-55(35-30-49)92-66-50(31-37-60-48(2)56-24-12-14-26-61(56)76(60)39-16-18-41-93(86,87)88)21-20-22-51(66)32-38-64-70(3,4)57-25-13-15-27-62(57)77(64)40-17-19-42-94(89,90)91;2-1-3;3*1-4(2)3/h12-15,24-27,29-32,34-35,37-38,46-48,52,58-59H,5-11,16-23,28,33,36,39-45H2,1-4H3,(H7-,71,72,73,74,75,80,81,82,83,84,85,86,87,88,89,90,91);;;;/t48?,52-,58+,59+;;;;/m1..../s1. The maximum atomic E-state index is 14.1. The molecular weight excluding hydrogens is 1530 g/mol. The molecule has 3 aromatic carbocycles. The number of allylic oxidation sites excluding steroid dienone is 7. The van der Waals surface area contributed by atoms with Gasteiger partial charge in [-0.25, -0.2) is 23.0 Å². The Morgan fingerprint density at radius 1 is 0.743 bits per heavy atom. The van der Waals surface area contributed by atoms with E-state index in [1.807, 2.05) is 36.4 Å². The van der Waals surface area contributed by atoms with Gasteiger partial charge in [-0.1, -0.05) is 87.2 Å². The van der Waals surface area contributed by atoms with Crippen molar-refractivity contribution in [2.75, 3.05) is 36.0 Å². The highest BCUT2D eigenvalue weighted by atomic mass is 32.2. The number of Topliss-reactive ketones (excluding diaryl/α,β-unsaturated/α-hetero) is 2. The Morgan fingerprint density at radius 2 is 1.35 bits per heavy atom. The summed E-state index contributed by atoms with van der Waals surface area (Å²) in [5.74, 6) is -4.06. The molecule has 7 rings (SSSR count). The monoisotopic (exact) mass is 1620 g/mol. The lowest BCUT2D eigenvalue weighted by Gasteiger charge is -2.24. The maximum absolute atomic E-state index is 14.1. The molecular formula is C71H91N7O26S5. The molecule has 3 amide bonds. The van der Waals surface area contributed by atoms with Gasteiger partial charge in [0.2, 0.25) is 11.6 Å². The van der Waals surface area contributed by atoms with Crippen molar-refractivity contribution in [3.8, 4) is 5.75 Å². The minimum Gasteiger partial charge on any atom is -0.748 e. The first-order chi connectivity index (χ1) is 51.4. The van der Waals surface area contributed by atoms with Crippen LogP contribution in [-0.2, 0) is 104 Å². The van der Waals surface area contributed by atoms with E-state index in [1.54, 1.807) is 37.4 Å². The molecule has 0 radical (unpaired) electrons. The van der Waals surface area contributed by atoms with Crippen LogP contribution in [-0.4, -0.2) is 179 Å². The minimum absolute atomic E-state index is 0.00167. The number of H-pyrrole nitrogens is 1. The lowest BCUT2D eigenvalue weighted by atomic mass is 9.81. The summed E-state index contributed by atoms with van der Waals surface area (Å²) >= 11 is 0. The fourth-order valence-corrected chi connectivity index (χ4v) is 13.7. The van der Waals surface area contributed by atoms with E-state index in [9.17, 15) is 64.9 Å². The summed E-state index contributed by atoms with van der Waals surface area (Å²) < 4.78 is 153. The Bertz CT molecular complexity index is 4490. The van der Waals surface area contributed by atoms with Crippen LogP contribution in [0.1, 0.15) is 172 Å². The van der Waals surface area contributed by atoms with E-state index >= 15 is 0 Å². The Morgan fingerprint density at radius 3 is 1.94 bits per heavy atom. The first kappa shape index (κ1) is 93.4. The molecule has 0 bridgehead atoms. The Hall–Kier alpha value is -9.82. The molecule has 1 unspecified atom stereocenters. The van der Waals surface area contributed by atoms with Crippen LogP contribution >= 0.6 is 0 Å². The summed E-state index contributed by atoms with van der Waals surface area (Å²) in [7, 11) is -17.8. The number of hydrogen-bond acceptors (Lipinski definition) is 25. The molecule has 0 spiro atoms. The van der Waals surface area contributed by atoms with Crippen LogP contribution in [0.2, 0.25) is 0 Å². The molecule has 2 aliphatic heterocycles. The van der Waals surface area contributed by atoms with E-state index in [4.69, 9.17) is 52.2 Å². The maximum Gasteiger partial charge on any atom is 0.425 e. The highest BCUT2D eigenvalue weighted by molar-refractivity contribution is 7.86. The van der Waals surface area contributed by atoms with Crippen LogP contribution < -0.4 is 25.6 Å². The SMILES string of the molecule is CCNC(=O)N[C@@H](CCC(=O)CCCCCCCCC(=O)N[C@@H](Cc1cnc[nH]1)C(=O)C[C@@H](Cc1ccc(OC2=C(/C=C/C3=[N+](CCCCS(=O)(=O)[O-])c4ccccc4C3(C)C)CCC/C2=C\C=C2/C(C)c3ccccc3N2CCCCS(=O)(=O)O)cc1)C(=O)O)C(=O)O.O=C=O.O=S(=O)=O.O=S(=O)=O.O=S(=O)=O. The number of anilines is 1. The third kappa shape index (κ3) is 35.4. The van der Waals surface area contributed by atoms with E-state index in [2.05, 4.69) is 92.6 Å². The van der Waals surface area contributed by atoms with Gasteiger partial charge in [-0.15, -0.1) is 37.9 Å². The number of benzene rings is 3. The normalized spacial score (nSPS) is 15.6. The highest BCUT2D eigenvalue weighted by Crippen LogP contribution is 2.45. The van der Waals surface area contributed by atoms with E-state index < -0.39 is 105 Å². The zero-order valence-corrected chi connectivity index (χ0v) is 64.6. The fourth-order valence-electron chi connectivity index (χ4n) is 12.5. The minimum atomic E-state index is -4.38. The number of fused-ring (bicyclic) bond motifs is 2. The van der Waals surface area contributed by atoms with E-state index in [0.717, 1.165) is 77.2 Å². The van der Waals surface area contributed by atoms with Gasteiger partial charge in [0.1, 0.15) is 29.9 Å². The van der Waals surface area contributed by atoms with Crippen molar-refractivity contribution in [1.82, 2.24) is 25.9 Å². The van der Waals surface area contributed by atoms with Gasteiger partial charge >= 0.3 is 55.9 Å². The van der Waals surface area contributed by atoms with Crippen molar-refractivity contribution < 1.29 is 122 Å². The molecule has 596 valence electrons. The van der Waals surface area contributed by atoms with Gasteiger partial charge < -0.3 is 45.3 Å². The van der Waals surface area contributed by atoms with Gasteiger partial charge in [-0.2, -0.15) is 22.6 Å². The number of carbonyl (C=O) groups excluding carboxylic acids is 6. The average Bonchev–Trinajstić information content (AvgIpc) is 1.61. The lowest BCUT2D eigenvalue weighted by molar-refractivity contribution is -0.438. The second kappa shape index (κ2) is 47.9. The third-order valence-electron chi connectivity index (χ3n) is 17.6. The Balaban J connectivity index is 0.00000188. The van der Waals surface area contributed by atoms with Gasteiger partial charge in [0.05, 0.1) is 39.6 Å². The number of ether oxygens (including phenoxy) is 1. The summed E-state index contributed by atoms with van der Waals surface area (Å²) in [6.07, 6.45) is 19.7. The quantitative estimate of drug-likeness (QED) is 0.0136. The van der Waals surface area contributed by atoms with Gasteiger partial charge in [0, 0.05) is 104 Å². The number of unbranched alkanes of at least 4 members (excludes halogenated alkanes) is 7. The number of hydrogen-bond donors (Lipinski definition) is 7. The Labute approximate surface area is 636 Å². The van der Waals surface area contributed by atoms with Gasteiger partial charge in [-0.3, -0.25) is 23.7 Å². The lowest BCUT2D eigenvalue weighted by Crippen LogP contribution is -2.46. The Kier molecular flexibility index (Phi) is 41.0. The van der Waals surface area contributed by atoms with Gasteiger partial charge in [0.15, 0.2) is 11.5 Å². The van der Waals surface area contributed by atoms with Crippen LogP contribution in [0, 0.1) is 5.92 Å². The molecule has 1 aromatic heterocycles. The van der Waals surface area contributed by atoms with Crippen molar-refractivity contribution in [2.24, 2.45) is 5.92 Å². The molecule has 0 saturated carbocycles. The summed E-state index contributed by atoms with van der Waals surface area (Å²) in [5.41, 5.74) is 8.87. The molecule has 0 fully saturated rings. The number of carboxylic acids is 2. The number of aromatic nitrogens is 2. The first-order valence-electron chi connectivity index (χ1n) is 34.6. The number of aliphatic carboxylic acids is 2. The van der Waals surface area contributed by atoms with E-state index in [0.29, 0.717) is 87.3 Å². The second-order valence-corrected chi connectivity index (χ2v) is 30.1. The third-order valence-corrected chi connectivity index (χ3v) is 19.2. The molecule has 4 aromatic rings. The van der Waals surface area contributed by atoms with E-state index in [1.165, 1.54) is 6.33 Å². The number of nitrogens with one attached hydrogen (secondary N) is 4. The second-order valence-electron chi connectivity index (χ2n) is 25.7. The van der Waals surface area contributed by atoms with Gasteiger partial charge in [-0.05, 0) is 138 Å². The number of nitrogens with zero attached hydrogens (tertiary/aromatic N) is 3. The molecule has 0 saturated heterocycles. The summed E-state index contributed by atoms with van der Waals surface area (Å²) in [5, 5.41) is 27.7. The van der Waals surface area contributed by atoms with Crippen LogP contribution in [0.25, 0.3) is 0 Å². The van der Waals surface area contributed by atoms with Crippen molar-refractivity contribution >= 4 is 111 Å². The molecule has 109 heavy (non-hydrogen) atoms. The smallest absolute Gasteiger partial charge is 0.425 e. The molecule has 3 heterocycles. The predicted molar refractivity (Wildman–Crippen MR) is 392 cm³/mol. The molecule has 38 heteroatoms. The zero-order valence-electron chi connectivity index (χ0n) is 60.5. The number of imidazole rings is 1. The van der Waals surface area contributed by atoms with Crippen molar-refractivity contribution in [2.45, 2.75) is 180 Å². The number of rotatable bonds is 39. The number of urea groups is 1. The molecule has 4 atom stereocenters. The number of carboxylic acid groups (broad SMARTS) is 2. The molecule has 33 nitrogen and oxygen atoms in total. The largest absolute Gasteiger partial charge is 0.748 e.